The lowest BCUT2D eigenvalue weighted by atomic mass is 10.1. The Morgan fingerprint density at radius 1 is 1.19 bits per heavy atom. The molecule has 0 bridgehead atoms. The van der Waals surface area contributed by atoms with Gasteiger partial charge in [0.25, 0.3) is 5.91 Å². The van der Waals surface area contributed by atoms with Gasteiger partial charge in [0.1, 0.15) is 0 Å². The third-order valence-electron chi connectivity index (χ3n) is 3.60. The van der Waals surface area contributed by atoms with Crippen molar-refractivity contribution in [2.24, 2.45) is 5.73 Å². The third-order valence-corrected chi connectivity index (χ3v) is 4.43. The van der Waals surface area contributed by atoms with E-state index in [1.54, 1.807) is 23.5 Å². The summed E-state index contributed by atoms with van der Waals surface area (Å²) in [6.45, 7) is 3.34. The minimum atomic E-state index is -0.424. The molecular weight excluding hydrogens is 286 g/mol. The Bertz CT molecular complexity index is 635. The molecule has 1 fully saturated rings. The summed E-state index contributed by atoms with van der Waals surface area (Å²) in [6.07, 6.45) is 1.81. The first-order chi connectivity index (χ1) is 10.1. The minimum absolute atomic E-state index is 0.424. The zero-order valence-electron chi connectivity index (χ0n) is 11.5. The van der Waals surface area contributed by atoms with Crippen molar-refractivity contribution in [1.82, 2.24) is 4.98 Å². The highest BCUT2D eigenvalue weighted by atomic mass is 32.1. The van der Waals surface area contributed by atoms with Crippen LogP contribution < -0.4 is 21.3 Å². The number of hydrogen-bond acceptors (Lipinski definition) is 6. The van der Waals surface area contributed by atoms with Crippen molar-refractivity contribution in [1.29, 1.82) is 0 Å². The molecule has 7 heteroatoms. The van der Waals surface area contributed by atoms with Crippen LogP contribution in [0.15, 0.2) is 29.8 Å². The fourth-order valence-electron chi connectivity index (χ4n) is 2.53. The van der Waals surface area contributed by atoms with Crippen molar-refractivity contribution in [3.63, 3.8) is 0 Å². The maximum atomic E-state index is 11.6. The molecule has 1 aromatic heterocycles. The van der Waals surface area contributed by atoms with Crippen molar-refractivity contribution >= 4 is 33.8 Å². The largest absolute Gasteiger partial charge is 0.399 e. The Hall–Kier alpha value is -2.28. The number of anilines is 3. The molecule has 2 aromatic rings. The molecule has 6 nitrogen and oxygen atoms in total. The van der Waals surface area contributed by atoms with E-state index in [4.69, 9.17) is 11.5 Å². The smallest absolute Gasteiger partial charge is 0.250 e. The van der Waals surface area contributed by atoms with E-state index in [2.05, 4.69) is 14.8 Å². The topological polar surface area (TPSA) is 88.5 Å². The van der Waals surface area contributed by atoms with Gasteiger partial charge < -0.3 is 21.3 Å². The second-order valence-electron chi connectivity index (χ2n) is 4.93. The number of carbonyl (C=O) groups is 1. The molecule has 1 amide bonds. The van der Waals surface area contributed by atoms with Crippen LogP contribution in [0.1, 0.15) is 10.4 Å². The number of amides is 1. The predicted molar refractivity (Wildman–Crippen MR) is 85.9 cm³/mol. The van der Waals surface area contributed by atoms with Crippen molar-refractivity contribution in [3.8, 4) is 0 Å². The Labute approximate surface area is 127 Å². The molecule has 0 saturated carbocycles. The van der Waals surface area contributed by atoms with Gasteiger partial charge in [0.2, 0.25) is 0 Å². The predicted octanol–water partition coefficient (Wildman–Crippen LogP) is 1.15. The van der Waals surface area contributed by atoms with E-state index in [0.29, 0.717) is 11.3 Å². The van der Waals surface area contributed by atoms with Crippen molar-refractivity contribution in [2.45, 2.75) is 0 Å². The zero-order valence-corrected chi connectivity index (χ0v) is 12.3. The number of nitrogens with two attached hydrogens (primary N) is 2. The lowest BCUT2D eigenvalue weighted by Gasteiger charge is -2.36. The van der Waals surface area contributed by atoms with Gasteiger partial charge in [-0.25, -0.2) is 4.98 Å². The van der Waals surface area contributed by atoms with Gasteiger partial charge in [0, 0.05) is 43.4 Å². The molecule has 0 unspecified atom stereocenters. The maximum Gasteiger partial charge on any atom is 0.250 e. The molecule has 21 heavy (non-hydrogen) atoms. The number of primary amides is 1. The number of nitrogens with zero attached hydrogens (tertiary/aromatic N) is 3. The van der Waals surface area contributed by atoms with Gasteiger partial charge in [0.15, 0.2) is 5.13 Å². The van der Waals surface area contributed by atoms with Crippen molar-refractivity contribution in [3.05, 3.63) is 35.3 Å². The molecule has 3 rings (SSSR count). The van der Waals surface area contributed by atoms with Crippen LogP contribution in [-0.4, -0.2) is 37.1 Å². The van der Waals surface area contributed by atoms with Crippen LogP contribution in [0.3, 0.4) is 0 Å². The van der Waals surface area contributed by atoms with Gasteiger partial charge in [-0.3, -0.25) is 4.79 Å². The third kappa shape index (κ3) is 2.78. The summed E-state index contributed by atoms with van der Waals surface area (Å²) >= 11 is 1.64. The molecule has 2 heterocycles. The second-order valence-corrected chi connectivity index (χ2v) is 5.80. The van der Waals surface area contributed by atoms with Crippen LogP contribution in [0.25, 0.3) is 0 Å². The minimum Gasteiger partial charge on any atom is -0.399 e. The van der Waals surface area contributed by atoms with Crippen molar-refractivity contribution < 1.29 is 4.79 Å². The SMILES string of the molecule is NC(=O)c1ccc(N)cc1N1CCN(c2nccs2)CC1. The van der Waals surface area contributed by atoms with E-state index in [1.165, 1.54) is 0 Å². The summed E-state index contributed by atoms with van der Waals surface area (Å²) in [5.41, 5.74) is 13.3. The molecule has 0 aliphatic carbocycles. The van der Waals surface area contributed by atoms with E-state index >= 15 is 0 Å². The van der Waals surface area contributed by atoms with Gasteiger partial charge in [-0.05, 0) is 18.2 Å². The summed E-state index contributed by atoms with van der Waals surface area (Å²) in [7, 11) is 0. The van der Waals surface area contributed by atoms with Crippen LogP contribution in [-0.2, 0) is 0 Å². The number of aromatic nitrogens is 1. The van der Waals surface area contributed by atoms with Crippen LogP contribution in [0.4, 0.5) is 16.5 Å². The lowest BCUT2D eigenvalue weighted by Crippen LogP contribution is -2.47. The van der Waals surface area contributed by atoms with Crippen LogP contribution in [0.5, 0.6) is 0 Å². The number of hydrogen-bond donors (Lipinski definition) is 2. The van der Waals surface area contributed by atoms with E-state index in [9.17, 15) is 4.79 Å². The highest BCUT2D eigenvalue weighted by Crippen LogP contribution is 2.26. The lowest BCUT2D eigenvalue weighted by molar-refractivity contribution is 0.100. The quantitative estimate of drug-likeness (QED) is 0.830. The van der Waals surface area contributed by atoms with Gasteiger partial charge in [-0.1, -0.05) is 0 Å². The van der Waals surface area contributed by atoms with E-state index in [-0.39, 0.29) is 0 Å². The number of benzene rings is 1. The summed E-state index contributed by atoms with van der Waals surface area (Å²) in [6, 6.07) is 5.22. The Kier molecular flexibility index (Phi) is 3.66. The number of carbonyl (C=O) groups excluding carboxylic acids is 1. The first kappa shape index (κ1) is 13.7. The summed E-state index contributed by atoms with van der Waals surface area (Å²) in [5.74, 6) is -0.424. The monoisotopic (exact) mass is 303 g/mol. The first-order valence-electron chi connectivity index (χ1n) is 6.74. The normalized spacial score (nSPS) is 15.2. The van der Waals surface area contributed by atoms with Gasteiger partial charge in [-0.15, -0.1) is 11.3 Å². The first-order valence-corrected chi connectivity index (χ1v) is 7.62. The molecule has 1 aliphatic heterocycles. The average molecular weight is 303 g/mol. The van der Waals surface area contributed by atoms with Gasteiger partial charge in [0.05, 0.1) is 11.3 Å². The molecule has 0 atom stereocenters. The number of nitrogen functional groups attached to an aromatic ring is 1. The summed E-state index contributed by atoms with van der Waals surface area (Å²) in [4.78, 5) is 20.3. The number of piperazine rings is 1. The molecule has 1 aliphatic rings. The molecule has 1 aromatic carbocycles. The Morgan fingerprint density at radius 2 is 1.90 bits per heavy atom. The second kappa shape index (κ2) is 5.61. The molecule has 0 radical (unpaired) electrons. The molecule has 110 valence electrons. The van der Waals surface area contributed by atoms with E-state index < -0.39 is 5.91 Å². The summed E-state index contributed by atoms with van der Waals surface area (Å²) in [5, 5.41) is 3.02. The van der Waals surface area contributed by atoms with Crippen LogP contribution in [0, 0.1) is 0 Å². The number of rotatable bonds is 3. The molecule has 0 spiro atoms. The zero-order chi connectivity index (χ0) is 14.8. The van der Waals surface area contributed by atoms with E-state index in [1.807, 2.05) is 17.6 Å². The Morgan fingerprint density at radius 3 is 2.52 bits per heavy atom. The number of thiazole rings is 1. The van der Waals surface area contributed by atoms with Gasteiger partial charge >= 0.3 is 0 Å². The average Bonchev–Trinajstić information content (AvgIpc) is 3.01. The summed E-state index contributed by atoms with van der Waals surface area (Å²) < 4.78 is 0. The highest BCUT2D eigenvalue weighted by Gasteiger charge is 2.22. The fourth-order valence-corrected chi connectivity index (χ4v) is 3.23. The highest BCUT2D eigenvalue weighted by molar-refractivity contribution is 7.13. The molecule has 4 N–H and O–H groups in total. The van der Waals surface area contributed by atoms with E-state index in [0.717, 1.165) is 37.0 Å². The van der Waals surface area contributed by atoms with Crippen LogP contribution in [0.2, 0.25) is 0 Å². The molecule has 1 saturated heterocycles. The maximum absolute atomic E-state index is 11.6. The fraction of sp³-hybridized carbons (Fsp3) is 0.286. The van der Waals surface area contributed by atoms with Crippen molar-refractivity contribution in [2.75, 3.05) is 41.7 Å². The van der Waals surface area contributed by atoms with Crippen LogP contribution >= 0.6 is 11.3 Å². The standard InChI is InChI=1S/C14H17N5OS/c15-10-1-2-11(13(16)20)12(9-10)18-4-6-19(7-5-18)14-17-3-8-21-14/h1-3,8-9H,4-7,15H2,(H2,16,20). The molecular formula is C14H17N5OS. The van der Waals surface area contributed by atoms with Gasteiger partial charge in [-0.2, -0.15) is 0 Å². The Balaban J connectivity index is 1.78.